The van der Waals surface area contributed by atoms with Crippen LogP contribution in [0.3, 0.4) is 0 Å². The smallest absolute Gasteiger partial charge is 0.191 e. The maximum absolute atomic E-state index is 5.46. The van der Waals surface area contributed by atoms with Crippen LogP contribution < -0.4 is 24.8 Å². The second-order valence-electron chi connectivity index (χ2n) is 4.94. The maximum atomic E-state index is 5.46. The zero-order chi connectivity index (χ0) is 17.8. The lowest BCUT2D eigenvalue weighted by Crippen LogP contribution is -2.38. The summed E-state index contributed by atoms with van der Waals surface area (Å²) >= 11 is 0. The molecular weight excluding hydrogens is 310 g/mol. The second-order valence-corrected chi connectivity index (χ2v) is 4.94. The first-order valence-electron chi connectivity index (χ1n) is 8.00. The number of nitrogens with one attached hydrogen (secondary N) is 2. The van der Waals surface area contributed by atoms with Gasteiger partial charge in [0.25, 0.3) is 0 Å². The van der Waals surface area contributed by atoms with Crippen LogP contribution in [-0.4, -0.2) is 60.6 Å². The van der Waals surface area contributed by atoms with Crippen LogP contribution in [-0.2, 0) is 11.2 Å². The number of guanidine groups is 1. The van der Waals surface area contributed by atoms with Crippen molar-refractivity contribution >= 4 is 5.96 Å². The number of hydrogen-bond donors (Lipinski definition) is 2. The molecule has 0 amide bonds. The molecule has 1 aromatic rings. The molecule has 0 unspecified atom stereocenters. The molecular formula is C17H29N3O4. The fourth-order valence-electron chi connectivity index (χ4n) is 2.22. The van der Waals surface area contributed by atoms with E-state index in [9.17, 15) is 0 Å². The minimum Gasteiger partial charge on any atom is -0.496 e. The molecule has 0 atom stereocenters. The van der Waals surface area contributed by atoms with E-state index in [4.69, 9.17) is 18.9 Å². The average Bonchev–Trinajstić information content (AvgIpc) is 2.61. The Morgan fingerprint density at radius 3 is 2.17 bits per heavy atom. The molecule has 0 spiro atoms. The van der Waals surface area contributed by atoms with E-state index in [0.29, 0.717) is 25.4 Å². The maximum Gasteiger partial charge on any atom is 0.191 e. The molecule has 0 heterocycles. The largest absolute Gasteiger partial charge is 0.496 e. The molecule has 0 aliphatic carbocycles. The van der Waals surface area contributed by atoms with E-state index in [2.05, 4.69) is 15.6 Å². The van der Waals surface area contributed by atoms with Crippen LogP contribution in [0.2, 0.25) is 0 Å². The van der Waals surface area contributed by atoms with Crippen molar-refractivity contribution < 1.29 is 18.9 Å². The number of methoxy groups -OCH3 is 4. The van der Waals surface area contributed by atoms with Gasteiger partial charge >= 0.3 is 0 Å². The van der Waals surface area contributed by atoms with Gasteiger partial charge in [-0.1, -0.05) is 0 Å². The van der Waals surface area contributed by atoms with E-state index < -0.39 is 0 Å². The van der Waals surface area contributed by atoms with Crippen LogP contribution in [0.25, 0.3) is 0 Å². The zero-order valence-corrected chi connectivity index (χ0v) is 15.3. The zero-order valence-electron chi connectivity index (χ0n) is 15.3. The molecule has 1 rings (SSSR count). The Morgan fingerprint density at radius 1 is 1.00 bits per heavy atom. The van der Waals surface area contributed by atoms with Gasteiger partial charge in [0.05, 0.1) is 34.5 Å². The highest BCUT2D eigenvalue weighted by molar-refractivity contribution is 5.79. The minimum absolute atomic E-state index is 0.594. The lowest BCUT2D eigenvalue weighted by atomic mass is 10.1. The summed E-state index contributed by atoms with van der Waals surface area (Å²) in [5.74, 6) is 2.96. The summed E-state index contributed by atoms with van der Waals surface area (Å²) in [7, 11) is 6.57. The molecule has 24 heavy (non-hydrogen) atoms. The number of rotatable bonds is 10. The first-order valence-corrected chi connectivity index (χ1v) is 8.00. The third-order valence-electron chi connectivity index (χ3n) is 3.39. The SMILES string of the molecule is CCNC(=NCCOC)NCCc1c(OC)cc(OC)cc1OC. The topological polar surface area (TPSA) is 73.3 Å². The summed E-state index contributed by atoms with van der Waals surface area (Å²) < 4.78 is 21.2. The fraction of sp³-hybridized carbons (Fsp3) is 0.588. The van der Waals surface area contributed by atoms with Crippen molar-refractivity contribution in [2.24, 2.45) is 4.99 Å². The number of benzene rings is 1. The Labute approximate surface area is 144 Å². The van der Waals surface area contributed by atoms with E-state index in [1.54, 1.807) is 28.4 Å². The van der Waals surface area contributed by atoms with Crippen molar-refractivity contribution in [3.8, 4) is 17.2 Å². The quantitative estimate of drug-likeness (QED) is 0.382. The van der Waals surface area contributed by atoms with E-state index in [0.717, 1.165) is 36.0 Å². The molecule has 0 bridgehead atoms. The van der Waals surface area contributed by atoms with Crippen LogP contribution in [0.1, 0.15) is 12.5 Å². The highest BCUT2D eigenvalue weighted by Crippen LogP contribution is 2.34. The van der Waals surface area contributed by atoms with Crippen molar-refractivity contribution in [3.05, 3.63) is 17.7 Å². The molecule has 7 nitrogen and oxygen atoms in total. The van der Waals surface area contributed by atoms with Crippen molar-refractivity contribution in [2.45, 2.75) is 13.3 Å². The molecule has 0 saturated carbocycles. The van der Waals surface area contributed by atoms with Gasteiger partial charge in [-0.3, -0.25) is 4.99 Å². The highest BCUT2D eigenvalue weighted by Gasteiger charge is 2.13. The number of hydrogen-bond acceptors (Lipinski definition) is 5. The van der Waals surface area contributed by atoms with E-state index >= 15 is 0 Å². The van der Waals surface area contributed by atoms with E-state index in [1.165, 1.54) is 0 Å². The molecule has 136 valence electrons. The van der Waals surface area contributed by atoms with Crippen molar-refractivity contribution in [2.75, 3.05) is 54.7 Å². The minimum atomic E-state index is 0.594. The first kappa shape index (κ1) is 19.9. The molecule has 0 radical (unpaired) electrons. The van der Waals surface area contributed by atoms with Crippen LogP contribution in [0.4, 0.5) is 0 Å². The predicted molar refractivity (Wildman–Crippen MR) is 95.7 cm³/mol. The number of aliphatic imine (C=N–C) groups is 1. The summed E-state index contributed by atoms with van der Waals surface area (Å²) in [5, 5.41) is 6.50. The molecule has 0 aromatic heterocycles. The number of ether oxygens (including phenoxy) is 4. The molecule has 0 aliphatic heterocycles. The standard InChI is InChI=1S/C17H29N3O4/c1-6-18-17(20-9-10-21-2)19-8-7-14-15(23-4)11-13(22-3)12-16(14)24-5/h11-12H,6-10H2,1-5H3,(H2,18,19,20). The van der Waals surface area contributed by atoms with Gasteiger partial charge < -0.3 is 29.6 Å². The van der Waals surface area contributed by atoms with Gasteiger partial charge in [-0.2, -0.15) is 0 Å². The summed E-state index contributed by atoms with van der Waals surface area (Å²) in [6.07, 6.45) is 0.727. The molecule has 0 saturated heterocycles. The molecule has 1 aromatic carbocycles. The average molecular weight is 339 g/mol. The summed E-state index contributed by atoms with van der Waals surface area (Å²) in [6, 6.07) is 3.71. The van der Waals surface area contributed by atoms with Crippen LogP contribution in [0.15, 0.2) is 17.1 Å². The normalized spacial score (nSPS) is 11.1. The van der Waals surface area contributed by atoms with Crippen molar-refractivity contribution in [3.63, 3.8) is 0 Å². The molecule has 2 N–H and O–H groups in total. The van der Waals surface area contributed by atoms with E-state index in [1.807, 2.05) is 19.1 Å². The summed E-state index contributed by atoms with van der Waals surface area (Å²) in [6.45, 7) is 4.73. The Balaban J connectivity index is 2.76. The molecule has 7 heteroatoms. The van der Waals surface area contributed by atoms with Gasteiger partial charge in [0.2, 0.25) is 0 Å². The number of nitrogens with zero attached hydrogens (tertiary/aromatic N) is 1. The van der Waals surface area contributed by atoms with Gasteiger partial charge in [0, 0.05) is 37.9 Å². The molecule has 0 aliphatic rings. The third kappa shape index (κ3) is 6.16. The van der Waals surface area contributed by atoms with Crippen molar-refractivity contribution in [1.29, 1.82) is 0 Å². The Morgan fingerprint density at radius 2 is 1.67 bits per heavy atom. The van der Waals surface area contributed by atoms with Crippen LogP contribution >= 0.6 is 0 Å². The summed E-state index contributed by atoms with van der Waals surface area (Å²) in [4.78, 5) is 4.43. The van der Waals surface area contributed by atoms with E-state index in [-0.39, 0.29) is 0 Å². The second kappa shape index (κ2) is 11.4. The van der Waals surface area contributed by atoms with Gasteiger partial charge in [-0.05, 0) is 13.3 Å². The predicted octanol–water partition coefficient (Wildman–Crippen LogP) is 1.46. The van der Waals surface area contributed by atoms with Gasteiger partial charge in [0.1, 0.15) is 17.2 Å². The third-order valence-corrected chi connectivity index (χ3v) is 3.39. The van der Waals surface area contributed by atoms with Gasteiger partial charge in [-0.15, -0.1) is 0 Å². The Kier molecular flexibility index (Phi) is 9.45. The Hall–Kier alpha value is -2.15. The monoisotopic (exact) mass is 339 g/mol. The summed E-state index contributed by atoms with van der Waals surface area (Å²) in [5.41, 5.74) is 0.987. The van der Waals surface area contributed by atoms with Crippen molar-refractivity contribution in [1.82, 2.24) is 10.6 Å². The lowest BCUT2D eigenvalue weighted by Gasteiger charge is -2.16. The molecule has 0 fully saturated rings. The first-order chi connectivity index (χ1) is 11.7. The van der Waals surface area contributed by atoms with Crippen LogP contribution in [0.5, 0.6) is 17.2 Å². The fourth-order valence-corrected chi connectivity index (χ4v) is 2.22. The van der Waals surface area contributed by atoms with Crippen LogP contribution in [0, 0.1) is 0 Å². The highest BCUT2D eigenvalue weighted by atomic mass is 16.5. The lowest BCUT2D eigenvalue weighted by molar-refractivity contribution is 0.208. The van der Waals surface area contributed by atoms with Gasteiger partial charge in [-0.25, -0.2) is 0 Å². The Bertz CT molecular complexity index is 496. The van der Waals surface area contributed by atoms with Gasteiger partial charge in [0.15, 0.2) is 5.96 Å².